The highest BCUT2D eigenvalue weighted by molar-refractivity contribution is 5.79. The van der Waals surface area contributed by atoms with Gasteiger partial charge in [-0.15, -0.1) is 12.3 Å². The summed E-state index contributed by atoms with van der Waals surface area (Å²) in [4.78, 5) is 18.0. The fourth-order valence-electron chi connectivity index (χ4n) is 2.52. The summed E-state index contributed by atoms with van der Waals surface area (Å²) >= 11 is 0. The SMILES string of the molecule is C#CC1CC(=O)N(CCc2cnc3ccccn23)C1. The number of hydrogen-bond acceptors (Lipinski definition) is 2. The predicted octanol–water partition coefficient (Wildman–Crippen LogP) is 1.36. The van der Waals surface area contributed by atoms with E-state index in [1.165, 1.54) is 0 Å². The molecule has 0 bridgehead atoms. The summed E-state index contributed by atoms with van der Waals surface area (Å²) in [6, 6.07) is 5.92. The Kier molecular flexibility index (Phi) is 2.96. The molecule has 1 atom stereocenters. The van der Waals surface area contributed by atoms with Crippen LogP contribution in [-0.2, 0) is 11.2 Å². The van der Waals surface area contributed by atoms with Crippen LogP contribution in [0.5, 0.6) is 0 Å². The number of nitrogens with zero attached hydrogens (tertiary/aromatic N) is 3. The van der Waals surface area contributed by atoms with Crippen molar-refractivity contribution in [3.63, 3.8) is 0 Å². The maximum Gasteiger partial charge on any atom is 0.223 e. The number of rotatable bonds is 3. The van der Waals surface area contributed by atoms with Crippen molar-refractivity contribution < 1.29 is 4.79 Å². The van der Waals surface area contributed by atoms with E-state index in [-0.39, 0.29) is 11.8 Å². The first-order chi connectivity index (χ1) is 9.28. The monoisotopic (exact) mass is 253 g/mol. The molecule has 1 amide bonds. The van der Waals surface area contributed by atoms with Crippen LogP contribution in [-0.4, -0.2) is 33.3 Å². The van der Waals surface area contributed by atoms with E-state index in [0.717, 1.165) is 17.8 Å². The standard InChI is InChI=1S/C15H15N3O/c1-2-12-9-15(19)17(11-12)8-6-13-10-16-14-5-3-4-7-18(13)14/h1,3-5,7,10,12H,6,8-9,11H2. The first-order valence-electron chi connectivity index (χ1n) is 6.43. The minimum atomic E-state index is 0.0784. The van der Waals surface area contributed by atoms with Gasteiger partial charge in [-0.1, -0.05) is 6.07 Å². The number of imidazole rings is 1. The highest BCUT2D eigenvalue weighted by Crippen LogP contribution is 2.17. The van der Waals surface area contributed by atoms with Gasteiger partial charge in [0.25, 0.3) is 0 Å². The number of hydrogen-bond donors (Lipinski definition) is 0. The molecule has 3 heterocycles. The van der Waals surface area contributed by atoms with E-state index in [1.54, 1.807) is 0 Å². The lowest BCUT2D eigenvalue weighted by atomic mass is 10.1. The van der Waals surface area contributed by atoms with Gasteiger partial charge in [-0.2, -0.15) is 0 Å². The molecule has 0 saturated carbocycles. The third-order valence-corrected chi connectivity index (χ3v) is 3.58. The molecule has 1 aliphatic heterocycles. The summed E-state index contributed by atoms with van der Waals surface area (Å²) < 4.78 is 2.05. The second kappa shape index (κ2) is 4.77. The normalized spacial score (nSPS) is 19.0. The van der Waals surface area contributed by atoms with Crippen LogP contribution in [0, 0.1) is 18.3 Å². The Labute approximate surface area is 112 Å². The third-order valence-electron chi connectivity index (χ3n) is 3.58. The summed E-state index contributed by atoms with van der Waals surface area (Å²) in [5, 5.41) is 0. The second-order valence-corrected chi connectivity index (χ2v) is 4.84. The van der Waals surface area contributed by atoms with Crippen LogP contribution in [0.3, 0.4) is 0 Å². The largest absolute Gasteiger partial charge is 0.341 e. The summed E-state index contributed by atoms with van der Waals surface area (Å²) in [6.07, 6.45) is 10.5. The minimum absolute atomic E-state index is 0.0784. The number of pyridine rings is 1. The van der Waals surface area contributed by atoms with Gasteiger partial charge in [0, 0.05) is 49.9 Å². The van der Waals surface area contributed by atoms with Crippen molar-refractivity contribution in [2.24, 2.45) is 5.92 Å². The molecular weight excluding hydrogens is 238 g/mol. The van der Waals surface area contributed by atoms with Gasteiger partial charge >= 0.3 is 0 Å². The van der Waals surface area contributed by atoms with Crippen LogP contribution in [0.2, 0.25) is 0 Å². The Morgan fingerprint density at radius 1 is 1.47 bits per heavy atom. The summed E-state index contributed by atoms with van der Waals surface area (Å²) in [5.74, 6) is 2.91. The third kappa shape index (κ3) is 2.19. The summed E-state index contributed by atoms with van der Waals surface area (Å²) in [5.41, 5.74) is 2.05. The molecule has 1 saturated heterocycles. The van der Waals surface area contributed by atoms with Gasteiger partial charge in [-0.3, -0.25) is 4.79 Å². The molecule has 1 aliphatic rings. The molecule has 19 heavy (non-hydrogen) atoms. The zero-order valence-corrected chi connectivity index (χ0v) is 10.6. The van der Waals surface area contributed by atoms with Crippen LogP contribution >= 0.6 is 0 Å². The fraction of sp³-hybridized carbons (Fsp3) is 0.333. The molecule has 4 nitrogen and oxygen atoms in total. The van der Waals surface area contributed by atoms with Crippen molar-refractivity contribution in [1.29, 1.82) is 0 Å². The molecule has 4 heteroatoms. The fourth-order valence-corrected chi connectivity index (χ4v) is 2.52. The topological polar surface area (TPSA) is 37.6 Å². The van der Waals surface area contributed by atoms with Crippen molar-refractivity contribution in [2.45, 2.75) is 12.8 Å². The average Bonchev–Trinajstić information content (AvgIpc) is 3.00. The zero-order chi connectivity index (χ0) is 13.2. The molecule has 0 N–H and O–H groups in total. The van der Waals surface area contributed by atoms with Crippen LogP contribution in [0.1, 0.15) is 12.1 Å². The Bertz CT molecular complexity index is 653. The van der Waals surface area contributed by atoms with Crippen LogP contribution in [0.4, 0.5) is 0 Å². The first-order valence-corrected chi connectivity index (χ1v) is 6.43. The molecule has 0 spiro atoms. The Morgan fingerprint density at radius 3 is 3.16 bits per heavy atom. The number of aromatic nitrogens is 2. The first kappa shape index (κ1) is 11.8. The summed E-state index contributed by atoms with van der Waals surface area (Å²) in [7, 11) is 0. The Morgan fingerprint density at radius 2 is 2.37 bits per heavy atom. The highest BCUT2D eigenvalue weighted by Gasteiger charge is 2.27. The molecule has 2 aromatic rings. The molecule has 0 aromatic carbocycles. The van der Waals surface area contributed by atoms with E-state index in [9.17, 15) is 4.79 Å². The molecule has 1 fully saturated rings. The molecular formula is C15H15N3O. The number of likely N-dealkylation sites (tertiary alicyclic amines) is 1. The van der Waals surface area contributed by atoms with Gasteiger partial charge in [0.15, 0.2) is 0 Å². The molecule has 1 unspecified atom stereocenters. The van der Waals surface area contributed by atoms with Gasteiger partial charge in [-0.25, -0.2) is 4.98 Å². The molecule has 2 aromatic heterocycles. The minimum Gasteiger partial charge on any atom is -0.341 e. The van der Waals surface area contributed by atoms with Crippen molar-refractivity contribution in [3.05, 3.63) is 36.3 Å². The lowest BCUT2D eigenvalue weighted by Crippen LogP contribution is -2.27. The number of carbonyl (C=O) groups excluding carboxylic acids is 1. The van der Waals surface area contributed by atoms with Crippen molar-refractivity contribution in [1.82, 2.24) is 14.3 Å². The lowest BCUT2D eigenvalue weighted by Gasteiger charge is -2.15. The maximum absolute atomic E-state index is 11.8. The quantitative estimate of drug-likeness (QED) is 0.775. The van der Waals surface area contributed by atoms with Gasteiger partial charge in [0.05, 0.1) is 0 Å². The zero-order valence-electron chi connectivity index (χ0n) is 10.6. The highest BCUT2D eigenvalue weighted by atomic mass is 16.2. The van der Waals surface area contributed by atoms with Crippen molar-refractivity contribution in [2.75, 3.05) is 13.1 Å². The Hall–Kier alpha value is -2.28. The van der Waals surface area contributed by atoms with E-state index in [4.69, 9.17) is 6.42 Å². The number of terminal acetylenes is 1. The van der Waals surface area contributed by atoms with Gasteiger partial charge in [0.2, 0.25) is 5.91 Å². The van der Waals surface area contributed by atoms with E-state index in [1.807, 2.05) is 35.5 Å². The average molecular weight is 253 g/mol. The van der Waals surface area contributed by atoms with Gasteiger partial charge in [0.1, 0.15) is 5.65 Å². The predicted molar refractivity (Wildman–Crippen MR) is 72.4 cm³/mol. The van der Waals surface area contributed by atoms with Crippen molar-refractivity contribution in [3.8, 4) is 12.3 Å². The molecule has 96 valence electrons. The molecule has 3 rings (SSSR count). The molecule has 0 aliphatic carbocycles. The lowest BCUT2D eigenvalue weighted by molar-refractivity contribution is -0.127. The number of carbonyl (C=O) groups is 1. The van der Waals surface area contributed by atoms with E-state index < -0.39 is 0 Å². The van der Waals surface area contributed by atoms with E-state index >= 15 is 0 Å². The maximum atomic E-state index is 11.8. The number of amides is 1. The van der Waals surface area contributed by atoms with Crippen LogP contribution < -0.4 is 0 Å². The van der Waals surface area contributed by atoms with E-state index in [2.05, 4.69) is 15.3 Å². The van der Waals surface area contributed by atoms with Gasteiger partial charge < -0.3 is 9.30 Å². The summed E-state index contributed by atoms with van der Waals surface area (Å²) in [6.45, 7) is 1.39. The van der Waals surface area contributed by atoms with Crippen molar-refractivity contribution >= 4 is 11.6 Å². The van der Waals surface area contributed by atoms with Crippen LogP contribution in [0.15, 0.2) is 30.6 Å². The number of fused-ring (bicyclic) bond motifs is 1. The Balaban J connectivity index is 1.70. The van der Waals surface area contributed by atoms with E-state index in [0.29, 0.717) is 19.5 Å². The smallest absolute Gasteiger partial charge is 0.223 e. The second-order valence-electron chi connectivity index (χ2n) is 4.84. The van der Waals surface area contributed by atoms with Gasteiger partial charge in [-0.05, 0) is 12.1 Å². The van der Waals surface area contributed by atoms with Crippen LogP contribution in [0.25, 0.3) is 5.65 Å². The molecule has 0 radical (unpaired) electrons.